The fraction of sp³-hybridized carbons (Fsp3) is 0.0112. The molecule has 0 aliphatic carbocycles. The highest BCUT2D eigenvalue weighted by molar-refractivity contribution is 7.26. The number of benzene rings is 13. The monoisotopic (exact) mass is 1290 g/mol. The molecule has 18 rings (SSSR count). The molecule has 0 saturated heterocycles. The van der Waals surface area contributed by atoms with Gasteiger partial charge in [0.15, 0.2) is 5.58 Å². The molecule has 13 aromatic carbocycles. The van der Waals surface area contributed by atoms with Crippen LogP contribution < -0.4 is 20.4 Å². The van der Waals surface area contributed by atoms with Crippen LogP contribution in [0.4, 0.5) is 56.9 Å². The third-order valence-electron chi connectivity index (χ3n) is 18.1. The van der Waals surface area contributed by atoms with Gasteiger partial charge in [0, 0.05) is 126 Å². The molecule has 0 radical (unpaired) electrons. The van der Waals surface area contributed by atoms with Gasteiger partial charge in [-0.05, 0) is 180 Å². The predicted octanol–water partition coefficient (Wildman–Crippen LogP) is 26.2. The van der Waals surface area contributed by atoms with E-state index in [4.69, 9.17) is 4.42 Å². The molecule has 0 spiro atoms. The fourth-order valence-corrected chi connectivity index (χ4v) is 15.5. The third-order valence-corrected chi connectivity index (χ3v) is 20.3. The lowest BCUT2D eigenvalue weighted by Crippen LogP contribution is -2.10. The van der Waals surface area contributed by atoms with E-state index in [2.05, 4.69) is 322 Å². The highest BCUT2D eigenvalue weighted by atomic mass is 32.1. The lowest BCUT2D eigenvalue weighted by atomic mass is 10.0. The van der Waals surface area contributed by atoms with Crippen molar-refractivity contribution in [1.82, 2.24) is 9.97 Å². The first kappa shape index (κ1) is 59.4. The van der Waals surface area contributed by atoms with Crippen molar-refractivity contribution in [3.05, 3.63) is 352 Å². The Balaban J connectivity index is 0.000000149. The Kier molecular flexibility index (Phi) is 15.8. The summed E-state index contributed by atoms with van der Waals surface area (Å²) in [5, 5.41) is 14.3. The van der Waals surface area contributed by atoms with E-state index >= 15 is 0 Å². The fourth-order valence-electron chi connectivity index (χ4n) is 13.2. The Morgan fingerprint density at radius 1 is 0.286 bits per heavy atom. The number of rotatable bonds is 14. The molecular weight excluding hydrogens is 1230 g/mol. The van der Waals surface area contributed by atoms with E-state index in [1.807, 2.05) is 77.7 Å². The summed E-state index contributed by atoms with van der Waals surface area (Å²) in [6.45, 7) is 2.12. The molecule has 0 atom stereocenters. The number of fused-ring (bicyclic) bond motifs is 9. The quantitative estimate of drug-likeness (QED) is 0.112. The molecule has 0 aliphatic heterocycles. The summed E-state index contributed by atoms with van der Waals surface area (Å²) in [4.78, 5) is 13.5. The Labute approximate surface area is 576 Å². The maximum Gasteiger partial charge on any atom is 0.159 e. The molecular formula is C89H62N6OS2. The number of hydrogen-bond donors (Lipinski definition) is 2. The van der Waals surface area contributed by atoms with Crippen molar-refractivity contribution in [2.24, 2.45) is 0 Å². The lowest BCUT2D eigenvalue weighted by molar-refractivity contribution is 0.669. The normalized spacial score (nSPS) is 11.3. The van der Waals surface area contributed by atoms with Gasteiger partial charge in [0.25, 0.3) is 0 Å². The first-order chi connectivity index (χ1) is 48.4. The summed E-state index contributed by atoms with van der Waals surface area (Å²) in [6.07, 6.45) is 7.48. The Morgan fingerprint density at radius 2 is 0.786 bits per heavy atom. The van der Waals surface area contributed by atoms with Crippen LogP contribution in [-0.4, -0.2) is 9.97 Å². The number of nitrogens with zero attached hydrogens (tertiary/aromatic N) is 4. The van der Waals surface area contributed by atoms with E-state index in [0.717, 1.165) is 101 Å². The standard InChI is InChI=1S/C47H32N4OS.C42H30N2S/c1-30-14-17-37(18-15-30)51(43-12-5-11-42-39-10-2-3-13-44(39)52-47(42)43)38-19-21-41-40-20-16-32(25-45(40)53-46(41)26-38)34-24-36(29-49-28-34)50-35-9-4-7-31(23-35)33-8-6-22-48-27-33;1-4-10-30(11-5-1)31-18-23-37(24-19-31)44(36-14-8-3-9-15-36)38-25-27-41-40(29-38)39-26-20-33(28-42(39)45-41)32-16-21-35(22-17-32)43-34-12-6-2-7-13-34/h2-29,50H,1H3;1-29,43H. The van der Waals surface area contributed by atoms with Crippen LogP contribution in [-0.2, 0) is 0 Å². The highest BCUT2D eigenvalue weighted by Gasteiger charge is 2.22. The molecule has 0 aliphatic rings. The molecule has 7 nitrogen and oxygen atoms in total. The number of nitrogens with one attached hydrogen (secondary N) is 2. The summed E-state index contributed by atoms with van der Waals surface area (Å²) < 4.78 is 11.6. The number of pyridine rings is 2. The van der Waals surface area contributed by atoms with Gasteiger partial charge in [0.2, 0.25) is 0 Å². The summed E-state index contributed by atoms with van der Waals surface area (Å²) in [5.74, 6) is 0. The van der Waals surface area contributed by atoms with Gasteiger partial charge in [0.05, 0.1) is 17.6 Å². The van der Waals surface area contributed by atoms with Crippen molar-refractivity contribution in [2.45, 2.75) is 6.92 Å². The minimum absolute atomic E-state index is 0.877. The summed E-state index contributed by atoms with van der Waals surface area (Å²) in [6, 6.07) is 114. The number of furan rings is 1. The highest BCUT2D eigenvalue weighted by Crippen LogP contribution is 2.47. The minimum Gasteiger partial charge on any atom is -0.454 e. The smallest absolute Gasteiger partial charge is 0.159 e. The first-order valence-corrected chi connectivity index (χ1v) is 34.4. The third kappa shape index (κ3) is 11.9. The van der Waals surface area contributed by atoms with Gasteiger partial charge in [0.1, 0.15) is 5.58 Å². The second-order valence-corrected chi connectivity index (χ2v) is 26.6. The Hall–Kier alpha value is -12.4. The maximum atomic E-state index is 6.54. The zero-order valence-corrected chi connectivity index (χ0v) is 55.1. The van der Waals surface area contributed by atoms with Gasteiger partial charge in [-0.3, -0.25) is 9.97 Å². The van der Waals surface area contributed by atoms with Crippen molar-refractivity contribution in [3.8, 4) is 44.5 Å². The Bertz CT molecular complexity index is 5880. The van der Waals surface area contributed by atoms with E-state index in [1.54, 1.807) is 6.20 Å². The largest absolute Gasteiger partial charge is 0.454 e. The van der Waals surface area contributed by atoms with Crippen LogP contribution in [0.3, 0.4) is 0 Å². The van der Waals surface area contributed by atoms with Crippen LogP contribution in [0.2, 0.25) is 0 Å². The number of thiophene rings is 2. The lowest BCUT2D eigenvalue weighted by Gasteiger charge is -2.25. The van der Waals surface area contributed by atoms with E-state index in [-0.39, 0.29) is 0 Å². The summed E-state index contributed by atoms with van der Waals surface area (Å²) >= 11 is 3.67. The summed E-state index contributed by atoms with van der Waals surface area (Å²) in [7, 11) is 0. The second-order valence-electron chi connectivity index (χ2n) is 24.5. The van der Waals surface area contributed by atoms with Crippen LogP contribution in [0.25, 0.3) is 107 Å². The van der Waals surface area contributed by atoms with E-state index < -0.39 is 0 Å². The molecule has 9 heteroatoms. The zero-order valence-electron chi connectivity index (χ0n) is 53.4. The first-order valence-electron chi connectivity index (χ1n) is 32.8. The van der Waals surface area contributed by atoms with Crippen LogP contribution in [0.1, 0.15) is 5.56 Å². The molecule has 2 N–H and O–H groups in total. The van der Waals surface area contributed by atoms with Gasteiger partial charge in [-0.2, -0.15) is 0 Å². The topological polar surface area (TPSA) is 69.5 Å². The number of aryl methyl sites for hydroxylation is 1. The van der Waals surface area contributed by atoms with Gasteiger partial charge in [-0.15, -0.1) is 22.7 Å². The number of hydrogen-bond acceptors (Lipinski definition) is 9. The van der Waals surface area contributed by atoms with E-state index in [1.165, 1.54) is 68.2 Å². The van der Waals surface area contributed by atoms with Crippen molar-refractivity contribution < 1.29 is 4.42 Å². The van der Waals surface area contributed by atoms with Crippen LogP contribution >= 0.6 is 22.7 Å². The molecule has 0 fully saturated rings. The van der Waals surface area contributed by atoms with Crippen LogP contribution in [0.15, 0.2) is 351 Å². The zero-order chi connectivity index (χ0) is 65.3. The molecule has 0 bridgehead atoms. The summed E-state index contributed by atoms with van der Waals surface area (Å²) in [5.41, 5.74) is 22.9. The van der Waals surface area contributed by atoms with Gasteiger partial charge in [-0.1, -0.05) is 188 Å². The molecule has 0 saturated carbocycles. The van der Waals surface area contributed by atoms with Crippen molar-refractivity contribution in [1.29, 1.82) is 0 Å². The predicted molar refractivity (Wildman–Crippen MR) is 417 cm³/mol. The van der Waals surface area contributed by atoms with Crippen molar-refractivity contribution in [2.75, 3.05) is 20.4 Å². The SMILES string of the molecule is Cc1ccc(N(c2ccc3c(c2)sc2cc(-c4cncc(Nc5cccc(-c6cccnc6)c5)c4)ccc23)c2cccc3c2oc2ccccc23)cc1.c1ccc(Nc2ccc(-c3ccc4c(c3)sc3ccc(N(c5ccccc5)c5ccc(-c6ccccc6)cc5)cc34)cc2)cc1. The van der Waals surface area contributed by atoms with Crippen molar-refractivity contribution >= 4 is 142 Å². The van der Waals surface area contributed by atoms with Gasteiger partial charge < -0.3 is 24.9 Å². The van der Waals surface area contributed by atoms with Crippen LogP contribution in [0.5, 0.6) is 0 Å². The van der Waals surface area contributed by atoms with E-state index in [0.29, 0.717) is 0 Å². The average molecular weight is 1300 g/mol. The number of para-hydroxylation sites is 4. The minimum atomic E-state index is 0.877. The molecule has 466 valence electrons. The molecule has 0 amide bonds. The molecule has 98 heavy (non-hydrogen) atoms. The molecule has 5 aromatic heterocycles. The van der Waals surface area contributed by atoms with Gasteiger partial charge >= 0.3 is 0 Å². The maximum absolute atomic E-state index is 6.54. The Morgan fingerprint density at radius 3 is 1.56 bits per heavy atom. The van der Waals surface area contributed by atoms with E-state index in [9.17, 15) is 0 Å². The average Bonchev–Trinajstić information content (AvgIpc) is 1.57. The molecule has 18 aromatic rings. The second kappa shape index (κ2) is 26.1. The number of anilines is 10. The molecule has 0 unspecified atom stereocenters. The number of aromatic nitrogens is 2. The van der Waals surface area contributed by atoms with Gasteiger partial charge in [-0.25, -0.2) is 0 Å². The van der Waals surface area contributed by atoms with Crippen LogP contribution in [0, 0.1) is 6.92 Å². The van der Waals surface area contributed by atoms with Crippen molar-refractivity contribution in [3.63, 3.8) is 0 Å². The molecule has 5 heterocycles.